The van der Waals surface area contributed by atoms with E-state index in [1.54, 1.807) is 6.08 Å². The van der Waals surface area contributed by atoms with Gasteiger partial charge in [-0.1, -0.05) is 65.3 Å². The standard InChI is InChI=1S/C40H58N2O5S.C3H6/c1-36(2)29(27-9-11-28(12-10-27)35(44)47-6)15-18-37(3)32(36)16-19-39(5)33(37)14-13-30-31-8-7-17-40(31,21-20-38(30,39)4)41-34(43)26-42-22-24-48(45,46)25-23-42;1-3-2/h9-12,15,30-33H,7-8,13-14,16-26H2,1-6H3,(H,41,43);3H,1H2,2H3/t30?,31?,32?,33?,37?,38-,39?,40?;/m1./s1. The summed E-state index contributed by atoms with van der Waals surface area (Å²) < 4.78 is 28.8. The second kappa shape index (κ2) is 13.8. The Balaban J connectivity index is 0.00000144. The first-order chi connectivity index (χ1) is 24.0. The maximum atomic E-state index is 13.5. The van der Waals surface area contributed by atoms with Crippen molar-refractivity contribution in [3.8, 4) is 0 Å². The monoisotopic (exact) mass is 720 g/mol. The number of sulfone groups is 1. The molecule has 1 heterocycles. The van der Waals surface area contributed by atoms with Gasteiger partial charge in [0.25, 0.3) is 0 Å². The number of hydrogen-bond acceptors (Lipinski definition) is 6. The third-order valence-corrected chi connectivity index (χ3v) is 17.4. The molecule has 0 bridgehead atoms. The summed E-state index contributed by atoms with van der Waals surface area (Å²) >= 11 is 0. The summed E-state index contributed by atoms with van der Waals surface area (Å²) in [6.45, 7) is 19.3. The summed E-state index contributed by atoms with van der Waals surface area (Å²) in [7, 11) is -1.53. The average molecular weight is 721 g/mol. The predicted octanol–water partition coefficient (Wildman–Crippen LogP) is 8.11. The summed E-state index contributed by atoms with van der Waals surface area (Å²) in [6.07, 6.45) is 16.1. The van der Waals surface area contributed by atoms with E-state index in [4.69, 9.17) is 4.74 Å². The van der Waals surface area contributed by atoms with Gasteiger partial charge in [0.15, 0.2) is 9.84 Å². The lowest BCUT2D eigenvalue weighted by Crippen LogP contribution is -2.68. The predicted molar refractivity (Wildman–Crippen MR) is 206 cm³/mol. The van der Waals surface area contributed by atoms with Gasteiger partial charge in [0, 0.05) is 18.6 Å². The number of ether oxygens (including phenoxy) is 1. The van der Waals surface area contributed by atoms with Gasteiger partial charge in [0.2, 0.25) is 5.91 Å². The molecule has 4 saturated carbocycles. The molecule has 1 amide bonds. The van der Waals surface area contributed by atoms with E-state index >= 15 is 0 Å². The molecule has 8 heteroatoms. The van der Waals surface area contributed by atoms with Crippen molar-refractivity contribution in [3.63, 3.8) is 0 Å². The summed E-state index contributed by atoms with van der Waals surface area (Å²) in [6, 6.07) is 8.02. The van der Waals surface area contributed by atoms with Crippen molar-refractivity contribution >= 4 is 27.3 Å². The first-order valence-corrected chi connectivity index (χ1v) is 21.5. The summed E-state index contributed by atoms with van der Waals surface area (Å²) in [5.74, 6) is 2.49. The molecule has 7 rings (SSSR count). The molecule has 5 aliphatic carbocycles. The first-order valence-electron chi connectivity index (χ1n) is 19.7. The zero-order valence-corrected chi connectivity index (χ0v) is 33.3. The van der Waals surface area contributed by atoms with Gasteiger partial charge in [-0.2, -0.15) is 0 Å². The highest BCUT2D eigenvalue weighted by atomic mass is 32.2. The molecule has 282 valence electrons. The van der Waals surface area contributed by atoms with E-state index in [-0.39, 0.29) is 50.6 Å². The molecule has 1 aromatic rings. The van der Waals surface area contributed by atoms with E-state index < -0.39 is 9.84 Å². The van der Waals surface area contributed by atoms with Crippen LogP contribution in [0.1, 0.15) is 122 Å². The van der Waals surface area contributed by atoms with Gasteiger partial charge in [-0.3, -0.25) is 9.69 Å². The average Bonchev–Trinajstić information content (AvgIpc) is 3.49. The van der Waals surface area contributed by atoms with Crippen LogP contribution < -0.4 is 5.32 Å². The van der Waals surface area contributed by atoms with Crippen LogP contribution in [-0.2, 0) is 19.4 Å². The summed E-state index contributed by atoms with van der Waals surface area (Å²) in [5.41, 5.74) is 3.86. The molecule has 0 spiro atoms. The Bertz CT molecular complexity index is 1640. The van der Waals surface area contributed by atoms with E-state index in [1.807, 2.05) is 24.0 Å². The molecule has 1 N–H and O–H groups in total. The molecule has 1 saturated heterocycles. The molecule has 1 aromatic carbocycles. The number of allylic oxidation sites excluding steroid dienone is 3. The number of benzene rings is 1. The topological polar surface area (TPSA) is 92.8 Å². The van der Waals surface area contributed by atoms with Crippen LogP contribution in [-0.4, -0.2) is 69.0 Å². The number of fused-ring (bicyclic) bond motifs is 7. The molecule has 51 heavy (non-hydrogen) atoms. The van der Waals surface area contributed by atoms with Gasteiger partial charge in [-0.15, -0.1) is 6.58 Å². The van der Waals surface area contributed by atoms with Crippen LogP contribution in [0.2, 0.25) is 0 Å². The Morgan fingerprint density at radius 2 is 1.57 bits per heavy atom. The molecule has 8 atom stereocenters. The number of nitrogens with zero attached hydrogens (tertiary/aromatic N) is 1. The van der Waals surface area contributed by atoms with Crippen molar-refractivity contribution in [1.82, 2.24) is 10.2 Å². The molecular weight excluding hydrogens is 657 g/mol. The quantitative estimate of drug-likeness (QED) is 0.244. The van der Waals surface area contributed by atoms with E-state index in [0.717, 1.165) is 19.3 Å². The Kier molecular flexibility index (Phi) is 10.3. The number of amides is 1. The zero-order valence-electron chi connectivity index (χ0n) is 32.5. The molecule has 0 aromatic heterocycles. The lowest BCUT2D eigenvalue weighted by molar-refractivity contribution is -0.217. The van der Waals surface area contributed by atoms with Crippen molar-refractivity contribution in [1.29, 1.82) is 0 Å². The summed E-state index contributed by atoms with van der Waals surface area (Å²) in [5, 5.41) is 3.63. The van der Waals surface area contributed by atoms with Crippen LogP contribution in [0, 0.1) is 45.3 Å². The highest BCUT2D eigenvalue weighted by molar-refractivity contribution is 7.91. The fraction of sp³-hybridized carbons (Fsp3) is 0.721. The minimum Gasteiger partial charge on any atom is -0.465 e. The van der Waals surface area contributed by atoms with Crippen molar-refractivity contribution in [3.05, 3.63) is 54.1 Å². The van der Waals surface area contributed by atoms with Crippen molar-refractivity contribution in [2.24, 2.45) is 45.3 Å². The molecule has 5 fully saturated rings. The third-order valence-electron chi connectivity index (χ3n) is 15.7. The van der Waals surface area contributed by atoms with E-state index in [1.165, 1.54) is 63.2 Å². The first kappa shape index (κ1) is 38.3. The number of carbonyl (C=O) groups is 2. The van der Waals surface area contributed by atoms with Crippen molar-refractivity contribution in [2.45, 2.75) is 111 Å². The van der Waals surface area contributed by atoms with E-state index in [0.29, 0.717) is 48.9 Å². The van der Waals surface area contributed by atoms with Crippen LogP contribution in [0.4, 0.5) is 0 Å². The van der Waals surface area contributed by atoms with Gasteiger partial charge >= 0.3 is 5.97 Å². The molecule has 1 aliphatic heterocycles. The minimum atomic E-state index is -2.96. The largest absolute Gasteiger partial charge is 0.465 e. The lowest BCUT2D eigenvalue weighted by atomic mass is 9.33. The maximum Gasteiger partial charge on any atom is 0.337 e. The number of methoxy groups -OCH3 is 1. The molecule has 0 radical (unpaired) electrons. The second-order valence-corrected chi connectivity index (χ2v) is 20.6. The van der Waals surface area contributed by atoms with E-state index in [2.05, 4.69) is 64.7 Å². The van der Waals surface area contributed by atoms with Crippen LogP contribution in [0.3, 0.4) is 0 Å². The Morgan fingerprint density at radius 1 is 0.902 bits per heavy atom. The van der Waals surface area contributed by atoms with Crippen molar-refractivity contribution < 1.29 is 22.7 Å². The molecule has 6 aliphatic rings. The van der Waals surface area contributed by atoms with Gasteiger partial charge < -0.3 is 10.1 Å². The molecular formula is C43H64N2O5S. The Labute approximate surface area is 308 Å². The third kappa shape index (κ3) is 6.36. The smallest absolute Gasteiger partial charge is 0.337 e. The van der Waals surface area contributed by atoms with Crippen LogP contribution in [0.5, 0.6) is 0 Å². The van der Waals surface area contributed by atoms with Crippen molar-refractivity contribution in [2.75, 3.05) is 38.2 Å². The Hall–Kier alpha value is -2.45. The highest BCUT2D eigenvalue weighted by Gasteiger charge is 2.69. The minimum absolute atomic E-state index is 0.0227. The SMILES string of the molecule is C=CC.COC(=O)c1ccc(C2=CCC3(C)C(CCC4(C)C3CCC3C5CCCC5(NC(=O)CN5CCS(=O)(=O)CC5)CC[C@]34C)C2(C)C)cc1. The Morgan fingerprint density at radius 3 is 2.22 bits per heavy atom. The van der Waals surface area contributed by atoms with Crippen LogP contribution in [0.25, 0.3) is 5.57 Å². The van der Waals surface area contributed by atoms with Crippen LogP contribution in [0.15, 0.2) is 43.0 Å². The number of esters is 1. The molecule has 7 unspecified atom stereocenters. The van der Waals surface area contributed by atoms with Gasteiger partial charge in [-0.25, -0.2) is 13.2 Å². The number of hydrogen-bond donors (Lipinski definition) is 1. The normalized spacial score (nSPS) is 39.3. The number of rotatable bonds is 5. The zero-order chi connectivity index (χ0) is 37.0. The van der Waals surface area contributed by atoms with Gasteiger partial charge in [0.1, 0.15) is 0 Å². The fourth-order valence-electron chi connectivity index (χ4n) is 13.2. The second-order valence-electron chi connectivity index (χ2n) is 18.3. The lowest BCUT2D eigenvalue weighted by Gasteiger charge is -2.72. The van der Waals surface area contributed by atoms with Crippen LogP contribution >= 0.6 is 0 Å². The maximum absolute atomic E-state index is 13.5. The summed E-state index contributed by atoms with van der Waals surface area (Å²) in [4.78, 5) is 27.6. The number of nitrogens with one attached hydrogen (secondary N) is 1. The van der Waals surface area contributed by atoms with Gasteiger partial charge in [0.05, 0.1) is 30.7 Å². The number of carbonyl (C=O) groups excluding carboxylic acids is 2. The van der Waals surface area contributed by atoms with Gasteiger partial charge in [-0.05, 0) is 133 Å². The molecule has 7 nitrogen and oxygen atoms in total. The van der Waals surface area contributed by atoms with E-state index in [9.17, 15) is 18.0 Å². The fourth-order valence-corrected chi connectivity index (χ4v) is 14.5. The highest BCUT2D eigenvalue weighted by Crippen LogP contribution is 2.76.